The molecule has 0 saturated carbocycles. The molecule has 6 nitrogen and oxygen atoms in total. The molecule has 3 aliphatic rings. The number of ketones is 1. The summed E-state index contributed by atoms with van der Waals surface area (Å²) in [5.74, 6) is 0.894. The van der Waals surface area contributed by atoms with Crippen LogP contribution in [0.25, 0.3) is 105 Å². The molecule has 2 atom stereocenters. The minimum Gasteiger partial charge on any atom is -0.485 e. The number of fused-ring (bicyclic) bond motifs is 9. The molecule has 0 aliphatic carbocycles. The van der Waals surface area contributed by atoms with Crippen LogP contribution in [0.2, 0.25) is 0 Å². The Bertz CT molecular complexity index is 4100. The zero-order chi connectivity index (χ0) is 47.2. The molecular formula is C65H46N4O2. The molecule has 0 bridgehead atoms. The zero-order valence-electron chi connectivity index (χ0n) is 39.1. The highest BCUT2D eigenvalue weighted by atomic mass is 16.5. The molecule has 338 valence electrons. The molecule has 2 unspecified atom stereocenters. The number of para-hydroxylation sites is 2. The van der Waals surface area contributed by atoms with E-state index in [9.17, 15) is 4.79 Å². The molecule has 11 aromatic rings. The van der Waals surface area contributed by atoms with Gasteiger partial charge in [-0.3, -0.25) is 14.8 Å². The van der Waals surface area contributed by atoms with Gasteiger partial charge in [-0.1, -0.05) is 109 Å². The molecule has 0 spiro atoms. The minimum absolute atomic E-state index is 0.0377. The molecule has 2 aromatic heterocycles. The molecule has 71 heavy (non-hydrogen) atoms. The topological polar surface area (TPSA) is 60.9 Å². The first-order valence-corrected chi connectivity index (χ1v) is 24.6. The number of hydrogen-bond acceptors (Lipinski definition) is 4. The molecule has 0 radical (unpaired) electrons. The average Bonchev–Trinajstić information content (AvgIpc) is 4.08. The van der Waals surface area contributed by atoms with E-state index in [1.807, 2.05) is 18.6 Å². The van der Waals surface area contributed by atoms with Crippen LogP contribution >= 0.6 is 0 Å². The second-order valence-corrected chi connectivity index (χ2v) is 19.1. The number of hydrogen-bond donors (Lipinski definition) is 0. The van der Waals surface area contributed by atoms with E-state index in [-0.39, 0.29) is 17.8 Å². The van der Waals surface area contributed by atoms with Crippen molar-refractivity contribution >= 4 is 67.4 Å². The van der Waals surface area contributed by atoms with Crippen molar-refractivity contribution in [3.05, 3.63) is 217 Å². The Kier molecular flexibility index (Phi) is 9.49. The van der Waals surface area contributed by atoms with Gasteiger partial charge >= 0.3 is 0 Å². The van der Waals surface area contributed by atoms with Crippen LogP contribution in [0.5, 0.6) is 5.75 Å². The first-order valence-electron chi connectivity index (χ1n) is 24.6. The molecule has 5 heterocycles. The van der Waals surface area contributed by atoms with Crippen LogP contribution in [-0.4, -0.2) is 40.0 Å². The largest absolute Gasteiger partial charge is 0.485 e. The Labute approximate surface area is 411 Å². The zero-order valence-corrected chi connectivity index (χ0v) is 39.1. The van der Waals surface area contributed by atoms with Crippen LogP contribution < -0.4 is 4.74 Å². The van der Waals surface area contributed by atoms with Crippen LogP contribution in [0.15, 0.2) is 210 Å². The fourth-order valence-corrected chi connectivity index (χ4v) is 11.5. The Hall–Kier alpha value is -8.87. The number of ether oxygens (including phenoxy) is 1. The highest BCUT2D eigenvalue weighted by Crippen LogP contribution is 2.44. The molecule has 3 aliphatic heterocycles. The first kappa shape index (κ1) is 41.1. The summed E-state index contributed by atoms with van der Waals surface area (Å²) < 4.78 is 11.2. The van der Waals surface area contributed by atoms with E-state index in [1.165, 1.54) is 21.5 Å². The normalized spacial score (nSPS) is 16.2. The fourth-order valence-electron chi connectivity index (χ4n) is 11.5. The van der Waals surface area contributed by atoms with E-state index in [1.54, 1.807) is 0 Å². The lowest BCUT2D eigenvalue weighted by Gasteiger charge is -2.18. The standard InChI is InChI=1S/C65H46N4O2/c1-40-31-43(15-21-51(40)57-38-66-29-27-63(57)70)46-19-25-61-55(35-46)53-33-44(17-23-59(53)68(61)49-11-4-2-5-12-49)41-9-8-10-42(32-41)45-18-24-60-54(34-45)56-36-47(20-26-62(56)69(60)50-13-6-3-7-14-50)48-16-22-52-58-39-67-30-28-64(58)71-65(52)37-48/h2-26,30-39,57,64H,27-29H2,1H3. The summed E-state index contributed by atoms with van der Waals surface area (Å²) in [4.78, 5) is 21.7. The number of aliphatic imine (C=N–C) groups is 2. The number of rotatable bonds is 7. The van der Waals surface area contributed by atoms with E-state index in [0.29, 0.717) is 13.0 Å². The summed E-state index contributed by atoms with van der Waals surface area (Å²) in [6.07, 6.45) is 7.04. The molecular weight excluding hydrogens is 869 g/mol. The summed E-state index contributed by atoms with van der Waals surface area (Å²) in [5, 5.41) is 4.78. The Morgan fingerprint density at radius 1 is 0.507 bits per heavy atom. The predicted molar refractivity (Wildman–Crippen MR) is 293 cm³/mol. The third-order valence-electron chi connectivity index (χ3n) is 15.0. The summed E-state index contributed by atoms with van der Waals surface area (Å²) in [6, 6.07) is 70.9. The van der Waals surface area contributed by atoms with E-state index in [4.69, 9.17) is 4.74 Å². The van der Waals surface area contributed by atoms with Crippen LogP contribution in [-0.2, 0) is 4.79 Å². The lowest BCUT2D eigenvalue weighted by molar-refractivity contribution is -0.119. The fraction of sp³-hybridized carbons (Fsp3) is 0.0923. The highest BCUT2D eigenvalue weighted by Gasteiger charge is 2.30. The van der Waals surface area contributed by atoms with Crippen molar-refractivity contribution in [1.82, 2.24) is 9.13 Å². The molecule has 14 rings (SSSR count). The maximum absolute atomic E-state index is 12.9. The van der Waals surface area contributed by atoms with Crippen molar-refractivity contribution in [2.24, 2.45) is 9.98 Å². The second-order valence-electron chi connectivity index (χ2n) is 19.1. The van der Waals surface area contributed by atoms with Gasteiger partial charge in [0.2, 0.25) is 0 Å². The first-order chi connectivity index (χ1) is 35.0. The number of aromatic nitrogens is 2. The molecule has 0 fully saturated rings. The Morgan fingerprint density at radius 2 is 1.00 bits per heavy atom. The van der Waals surface area contributed by atoms with Gasteiger partial charge in [0, 0.05) is 82.1 Å². The smallest absolute Gasteiger partial charge is 0.147 e. The van der Waals surface area contributed by atoms with Crippen molar-refractivity contribution in [2.75, 3.05) is 6.54 Å². The van der Waals surface area contributed by atoms with Gasteiger partial charge in [-0.25, -0.2) is 0 Å². The van der Waals surface area contributed by atoms with E-state index in [0.717, 1.165) is 112 Å². The minimum atomic E-state index is -0.268. The van der Waals surface area contributed by atoms with Crippen molar-refractivity contribution in [3.63, 3.8) is 0 Å². The molecule has 6 heteroatoms. The van der Waals surface area contributed by atoms with Crippen LogP contribution in [0.1, 0.15) is 35.4 Å². The van der Waals surface area contributed by atoms with E-state index >= 15 is 0 Å². The lowest BCUT2D eigenvalue weighted by atomic mass is 9.87. The van der Waals surface area contributed by atoms with Gasteiger partial charge in [-0.2, -0.15) is 0 Å². The molecule has 0 amide bonds. The quantitative estimate of drug-likeness (QED) is 0.160. The Balaban J connectivity index is 0.868. The third kappa shape index (κ3) is 6.81. The van der Waals surface area contributed by atoms with Gasteiger partial charge in [0.25, 0.3) is 0 Å². The van der Waals surface area contributed by atoms with Gasteiger partial charge in [0.1, 0.15) is 17.6 Å². The summed E-state index contributed by atoms with van der Waals surface area (Å²) in [7, 11) is 0. The van der Waals surface area contributed by atoms with Gasteiger partial charge in [0.05, 0.1) is 28.0 Å². The van der Waals surface area contributed by atoms with Gasteiger partial charge in [-0.15, -0.1) is 0 Å². The summed E-state index contributed by atoms with van der Waals surface area (Å²) >= 11 is 0. The summed E-state index contributed by atoms with van der Waals surface area (Å²) in [6.45, 7) is 2.69. The molecule has 0 N–H and O–H groups in total. The van der Waals surface area contributed by atoms with E-state index in [2.05, 4.69) is 220 Å². The lowest BCUT2D eigenvalue weighted by Crippen LogP contribution is -2.20. The average molecular weight is 915 g/mol. The van der Waals surface area contributed by atoms with Gasteiger partial charge < -0.3 is 13.9 Å². The number of carbonyl (C=O) groups is 1. The predicted octanol–water partition coefficient (Wildman–Crippen LogP) is 15.6. The number of benzene rings is 9. The third-order valence-corrected chi connectivity index (χ3v) is 15.0. The second kappa shape index (κ2) is 16.4. The monoisotopic (exact) mass is 914 g/mol. The van der Waals surface area contributed by atoms with Crippen molar-refractivity contribution < 1.29 is 9.53 Å². The number of aryl methyl sites for hydroxylation is 1. The summed E-state index contributed by atoms with van der Waals surface area (Å²) in [5.41, 5.74) is 20.5. The van der Waals surface area contributed by atoms with Crippen molar-refractivity contribution in [2.45, 2.75) is 31.8 Å². The van der Waals surface area contributed by atoms with Crippen molar-refractivity contribution in [3.8, 4) is 61.6 Å². The Morgan fingerprint density at radius 3 is 1.54 bits per heavy atom. The number of nitrogens with zero attached hydrogens (tertiary/aromatic N) is 4. The van der Waals surface area contributed by atoms with Crippen LogP contribution in [0.4, 0.5) is 0 Å². The molecule has 0 saturated heterocycles. The van der Waals surface area contributed by atoms with Gasteiger partial charge in [-0.05, 0) is 147 Å². The number of carbonyl (C=O) groups excluding carboxylic acids is 1. The SMILES string of the molecule is Cc1cc(-c2ccc3c(c2)c2cc(-c4cccc(-c5ccc6c(c5)c5cc(-c7ccc8c(c7)OC7CC=NC=C87)ccc5n6-c5ccccc5)c4)ccc2n3-c2ccccc2)ccc1C1C=NCCC1=O. The maximum atomic E-state index is 12.9. The molecule has 9 aromatic carbocycles. The van der Waals surface area contributed by atoms with Crippen LogP contribution in [0, 0.1) is 6.92 Å². The van der Waals surface area contributed by atoms with Crippen molar-refractivity contribution in [1.29, 1.82) is 0 Å². The number of Topliss-reactive ketones (excluding diaryl/α,β-unsaturated/α-hetero) is 1. The maximum Gasteiger partial charge on any atom is 0.147 e. The van der Waals surface area contributed by atoms with Gasteiger partial charge in [0.15, 0.2) is 0 Å². The highest BCUT2D eigenvalue weighted by molar-refractivity contribution is 6.13. The van der Waals surface area contributed by atoms with Crippen LogP contribution in [0.3, 0.4) is 0 Å². The van der Waals surface area contributed by atoms with E-state index < -0.39 is 0 Å².